The first-order valence-electron chi connectivity index (χ1n) is 11.3. The lowest BCUT2D eigenvalue weighted by molar-refractivity contribution is -0.0456. The standard InChI is InChI=1S/C25H34N2O3S/c1-18-6-5-7-25(21(18)4)24-10-8-22(9-11-24)23-12-14-26(15-13-23)31(28,29)27-16-19(2)30-20(3)17-27/h5-11,19-20,23H,12-17H2,1-4H3. The van der Waals surface area contributed by atoms with Gasteiger partial charge in [0, 0.05) is 26.2 Å². The SMILES string of the molecule is Cc1cccc(-c2ccc(C3CCN(S(=O)(=O)N4CC(C)OC(C)C4)CC3)cc2)c1C. The van der Waals surface area contributed by atoms with Gasteiger partial charge < -0.3 is 4.74 Å². The Morgan fingerprint density at radius 1 is 0.871 bits per heavy atom. The molecule has 0 saturated carbocycles. The summed E-state index contributed by atoms with van der Waals surface area (Å²) in [5.74, 6) is 0.404. The van der Waals surface area contributed by atoms with Crippen LogP contribution in [0.25, 0.3) is 11.1 Å². The number of piperidine rings is 1. The van der Waals surface area contributed by atoms with Crippen molar-refractivity contribution >= 4 is 10.2 Å². The summed E-state index contributed by atoms with van der Waals surface area (Å²) >= 11 is 0. The minimum atomic E-state index is -3.42. The zero-order valence-corrected chi connectivity index (χ0v) is 19.9. The maximum absolute atomic E-state index is 13.1. The summed E-state index contributed by atoms with van der Waals surface area (Å²) in [6, 6.07) is 15.3. The molecule has 6 heteroatoms. The van der Waals surface area contributed by atoms with Crippen molar-refractivity contribution in [3.63, 3.8) is 0 Å². The first-order valence-corrected chi connectivity index (χ1v) is 12.7. The van der Waals surface area contributed by atoms with E-state index in [1.54, 1.807) is 8.61 Å². The molecule has 0 radical (unpaired) electrons. The topological polar surface area (TPSA) is 49.9 Å². The monoisotopic (exact) mass is 442 g/mol. The van der Waals surface area contributed by atoms with Crippen LogP contribution in [0.4, 0.5) is 0 Å². The fourth-order valence-corrected chi connectivity index (χ4v) is 6.70. The molecule has 4 rings (SSSR count). The van der Waals surface area contributed by atoms with Crippen LogP contribution < -0.4 is 0 Å². The molecule has 31 heavy (non-hydrogen) atoms. The van der Waals surface area contributed by atoms with Crippen LogP contribution in [-0.4, -0.2) is 55.4 Å². The molecule has 2 saturated heterocycles. The Labute approximate surface area is 187 Å². The Hall–Kier alpha value is -1.73. The first-order chi connectivity index (χ1) is 14.8. The summed E-state index contributed by atoms with van der Waals surface area (Å²) < 4.78 is 35.2. The summed E-state index contributed by atoms with van der Waals surface area (Å²) in [4.78, 5) is 0. The van der Waals surface area contributed by atoms with Gasteiger partial charge in [-0.15, -0.1) is 0 Å². The average molecular weight is 443 g/mol. The molecular weight excluding hydrogens is 408 g/mol. The highest BCUT2D eigenvalue weighted by atomic mass is 32.2. The van der Waals surface area contributed by atoms with E-state index >= 15 is 0 Å². The van der Waals surface area contributed by atoms with Crippen molar-refractivity contribution in [2.75, 3.05) is 26.2 Å². The Morgan fingerprint density at radius 3 is 2.10 bits per heavy atom. The van der Waals surface area contributed by atoms with Crippen LogP contribution in [-0.2, 0) is 14.9 Å². The lowest BCUT2D eigenvalue weighted by atomic mass is 9.88. The van der Waals surface area contributed by atoms with E-state index in [0.29, 0.717) is 32.1 Å². The smallest absolute Gasteiger partial charge is 0.282 e. The van der Waals surface area contributed by atoms with Gasteiger partial charge >= 0.3 is 0 Å². The Morgan fingerprint density at radius 2 is 1.48 bits per heavy atom. The second-order valence-corrected chi connectivity index (χ2v) is 11.1. The molecule has 2 fully saturated rings. The van der Waals surface area contributed by atoms with Gasteiger partial charge in [0.1, 0.15) is 0 Å². The van der Waals surface area contributed by atoms with Crippen molar-refractivity contribution in [2.45, 2.75) is 58.7 Å². The fourth-order valence-electron chi connectivity index (χ4n) is 4.90. The van der Waals surface area contributed by atoms with Crippen molar-refractivity contribution in [2.24, 2.45) is 0 Å². The molecule has 2 aliphatic heterocycles. The zero-order valence-electron chi connectivity index (χ0n) is 19.0. The van der Waals surface area contributed by atoms with Crippen LogP contribution in [0.1, 0.15) is 49.3 Å². The van der Waals surface area contributed by atoms with E-state index in [4.69, 9.17) is 4.74 Å². The molecule has 2 aliphatic rings. The number of rotatable bonds is 4. The molecule has 0 spiro atoms. The van der Waals surface area contributed by atoms with Crippen molar-refractivity contribution in [1.29, 1.82) is 0 Å². The van der Waals surface area contributed by atoms with Gasteiger partial charge in [-0.2, -0.15) is 17.0 Å². The number of nitrogens with zero attached hydrogens (tertiary/aromatic N) is 2. The minimum absolute atomic E-state index is 0.0633. The van der Waals surface area contributed by atoms with E-state index in [0.717, 1.165) is 12.8 Å². The van der Waals surface area contributed by atoms with Gasteiger partial charge in [-0.05, 0) is 74.3 Å². The molecule has 2 heterocycles. The Bertz CT molecular complexity index is 1000. The van der Waals surface area contributed by atoms with Gasteiger partial charge in [-0.25, -0.2) is 0 Å². The van der Waals surface area contributed by atoms with Gasteiger partial charge in [0.15, 0.2) is 0 Å². The third-order valence-corrected chi connectivity index (χ3v) is 8.76. The number of ether oxygens (including phenoxy) is 1. The van der Waals surface area contributed by atoms with Gasteiger partial charge in [-0.1, -0.05) is 42.5 Å². The van der Waals surface area contributed by atoms with Crippen molar-refractivity contribution in [1.82, 2.24) is 8.61 Å². The maximum atomic E-state index is 13.1. The fraction of sp³-hybridized carbons (Fsp3) is 0.520. The van der Waals surface area contributed by atoms with Gasteiger partial charge in [0.05, 0.1) is 12.2 Å². The molecule has 2 unspecified atom stereocenters. The molecule has 0 aromatic heterocycles. The summed E-state index contributed by atoms with van der Waals surface area (Å²) in [5.41, 5.74) is 6.45. The molecule has 2 atom stereocenters. The van der Waals surface area contributed by atoms with Crippen molar-refractivity contribution in [3.05, 3.63) is 59.2 Å². The van der Waals surface area contributed by atoms with Crippen LogP contribution in [0.15, 0.2) is 42.5 Å². The second-order valence-electron chi connectivity index (χ2n) is 9.12. The minimum Gasteiger partial charge on any atom is -0.373 e. The number of benzene rings is 2. The van der Waals surface area contributed by atoms with Crippen LogP contribution in [0, 0.1) is 13.8 Å². The third kappa shape index (κ3) is 4.72. The molecular formula is C25H34N2O3S. The predicted octanol–water partition coefficient (Wildman–Crippen LogP) is 4.50. The summed E-state index contributed by atoms with van der Waals surface area (Å²) in [7, 11) is -3.42. The summed E-state index contributed by atoms with van der Waals surface area (Å²) in [6.45, 7) is 10.2. The second kappa shape index (κ2) is 9.02. The average Bonchev–Trinajstić information content (AvgIpc) is 2.75. The van der Waals surface area contributed by atoms with E-state index in [1.165, 1.54) is 27.8 Å². The molecule has 0 aliphatic carbocycles. The largest absolute Gasteiger partial charge is 0.373 e. The lowest BCUT2D eigenvalue weighted by Crippen LogP contribution is -2.54. The highest BCUT2D eigenvalue weighted by Gasteiger charge is 2.37. The number of morpholine rings is 1. The molecule has 5 nitrogen and oxygen atoms in total. The van der Waals surface area contributed by atoms with Crippen LogP contribution in [0.5, 0.6) is 0 Å². The number of aryl methyl sites for hydroxylation is 1. The normalized spacial score (nSPS) is 24.4. The van der Waals surface area contributed by atoms with E-state index < -0.39 is 10.2 Å². The van der Waals surface area contributed by atoms with Crippen molar-refractivity contribution < 1.29 is 13.2 Å². The highest BCUT2D eigenvalue weighted by Crippen LogP contribution is 2.32. The molecule has 0 amide bonds. The van der Waals surface area contributed by atoms with Crippen molar-refractivity contribution in [3.8, 4) is 11.1 Å². The van der Waals surface area contributed by atoms with Gasteiger partial charge in [-0.3, -0.25) is 0 Å². The highest BCUT2D eigenvalue weighted by molar-refractivity contribution is 7.86. The van der Waals surface area contributed by atoms with Crippen LogP contribution in [0.3, 0.4) is 0 Å². The van der Waals surface area contributed by atoms with E-state index in [9.17, 15) is 8.42 Å². The molecule has 0 bridgehead atoms. The quantitative estimate of drug-likeness (QED) is 0.700. The Kier molecular flexibility index (Phi) is 6.54. The molecule has 168 valence electrons. The number of hydrogen-bond donors (Lipinski definition) is 0. The van der Waals surface area contributed by atoms with E-state index in [2.05, 4.69) is 56.3 Å². The Balaban J connectivity index is 1.41. The van der Waals surface area contributed by atoms with E-state index in [1.807, 2.05) is 13.8 Å². The number of hydrogen-bond acceptors (Lipinski definition) is 3. The summed E-state index contributed by atoms with van der Waals surface area (Å²) in [5, 5.41) is 0. The summed E-state index contributed by atoms with van der Waals surface area (Å²) in [6.07, 6.45) is 1.59. The predicted molar refractivity (Wildman–Crippen MR) is 125 cm³/mol. The van der Waals surface area contributed by atoms with E-state index in [-0.39, 0.29) is 12.2 Å². The van der Waals surface area contributed by atoms with Gasteiger partial charge in [0.2, 0.25) is 0 Å². The first kappa shape index (κ1) is 22.5. The third-order valence-electron chi connectivity index (χ3n) is 6.79. The van der Waals surface area contributed by atoms with Crippen LogP contribution >= 0.6 is 0 Å². The molecule has 0 N–H and O–H groups in total. The van der Waals surface area contributed by atoms with Crippen LogP contribution in [0.2, 0.25) is 0 Å². The lowest BCUT2D eigenvalue weighted by Gasteiger charge is -2.39. The zero-order chi connectivity index (χ0) is 22.2. The molecule has 2 aromatic carbocycles. The maximum Gasteiger partial charge on any atom is 0.282 e. The van der Waals surface area contributed by atoms with Gasteiger partial charge in [0.25, 0.3) is 10.2 Å². The molecule has 2 aromatic rings.